The molecule has 2 fully saturated rings. The monoisotopic (exact) mass is 310 g/mol. The van der Waals surface area contributed by atoms with E-state index >= 15 is 0 Å². The molecule has 0 amide bonds. The Hall–Kier alpha value is -0.990. The fourth-order valence-corrected chi connectivity index (χ4v) is 4.37. The van der Waals surface area contributed by atoms with E-state index in [0.29, 0.717) is 5.56 Å². The van der Waals surface area contributed by atoms with Crippen LogP contribution in [0.3, 0.4) is 0 Å². The summed E-state index contributed by atoms with van der Waals surface area (Å²) in [7, 11) is 0. The van der Waals surface area contributed by atoms with E-state index < -0.39 is 17.5 Å². The molecule has 0 atom stereocenters. The number of benzene rings is 1. The average Bonchev–Trinajstić information content (AvgIpc) is 3.04. The minimum Gasteiger partial charge on any atom is -0.204 e. The summed E-state index contributed by atoms with van der Waals surface area (Å²) < 4.78 is 39.7. The van der Waals surface area contributed by atoms with Gasteiger partial charge in [0.2, 0.25) is 0 Å². The van der Waals surface area contributed by atoms with Crippen molar-refractivity contribution >= 4 is 0 Å². The van der Waals surface area contributed by atoms with E-state index in [1.165, 1.54) is 50.7 Å². The van der Waals surface area contributed by atoms with E-state index in [1.807, 2.05) is 0 Å². The van der Waals surface area contributed by atoms with E-state index in [-0.39, 0.29) is 5.92 Å². The molecule has 2 aliphatic carbocycles. The van der Waals surface area contributed by atoms with Gasteiger partial charge in [0.25, 0.3) is 0 Å². The predicted molar refractivity (Wildman–Crippen MR) is 82.2 cm³/mol. The van der Waals surface area contributed by atoms with E-state index in [0.717, 1.165) is 37.5 Å². The highest BCUT2D eigenvalue weighted by Gasteiger charge is 2.25. The zero-order valence-electron chi connectivity index (χ0n) is 13.1. The minimum atomic E-state index is -1.35. The Morgan fingerprint density at radius 3 is 1.77 bits per heavy atom. The summed E-state index contributed by atoms with van der Waals surface area (Å²) in [5.41, 5.74) is 0.630. The molecule has 2 saturated carbocycles. The molecule has 1 aromatic carbocycles. The minimum absolute atomic E-state index is 0.187. The van der Waals surface area contributed by atoms with Gasteiger partial charge in [0.05, 0.1) is 0 Å². The van der Waals surface area contributed by atoms with Crippen molar-refractivity contribution in [2.45, 2.75) is 70.1 Å². The van der Waals surface area contributed by atoms with E-state index in [2.05, 4.69) is 0 Å². The smallest absolute Gasteiger partial charge is 0.194 e. The maximum atomic E-state index is 13.4. The van der Waals surface area contributed by atoms with Crippen molar-refractivity contribution in [1.29, 1.82) is 0 Å². The highest BCUT2D eigenvalue weighted by atomic mass is 19.2. The Morgan fingerprint density at radius 1 is 0.727 bits per heavy atom. The first-order chi connectivity index (χ1) is 10.6. The molecule has 22 heavy (non-hydrogen) atoms. The summed E-state index contributed by atoms with van der Waals surface area (Å²) in [5, 5.41) is 0. The Bertz CT molecular complexity index is 474. The molecule has 0 unspecified atom stereocenters. The molecule has 0 nitrogen and oxygen atoms in total. The number of halogens is 3. The van der Waals surface area contributed by atoms with Gasteiger partial charge in [0.15, 0.2) is 17.5 Å². The quantitative estimate of drug-likeness (QED) is 0.568. The molecule has 3 heteroatoms. The zero-order valence-corrected chi connectivity index (χ0v) is 13.1. The number of hydrogen-bond donors (Lipinski definition) is 0. The van der Waals surface area contributed by atoms with Crippen molar-refractivity contribution in [3.63, 3.8) is 0 Å². The largest absolute Gasteiger partial charge is 0.204 e. The van der Waals surface area contributed by atoms with Crippen LogP contribution in [-0.2, 0) is 0 Å². The summed E-state index contributed by atoms with van der Waals surface area (Å²) in [6, 6.07) is 2.36. The lowest BCUT2D eigenvalue weighted by molar-refractivity contribution is 0.286. The van der Waals surface area contributed by atoms with Gasteiger partial charge in [-0.25, -0.2) is 13.2 Å². The van der Waals surface area contributed by atoms with Crippen molar-refractivity contribution in [2.24, 2.45) is 11.8 Å². The predicted octanol–water partition coefficient (Wildman–Crippen LogP) is 6.35. The molecule has 122 valence electrons. The van der Waals surface area contributed by atoms with Crippen molar-refractivity contribution < 1.29 is 13.2 Å². The third-order valence-corrected chi connectivity index (χ3v) is 5.78. The molecule has 0 bridgehead atoms. The van der Waals surface area contributed by atoms with E-state index in [9.17, 15) is 13.2 Å². The van der Waals surface area contributed by atoms with Gasteiger partial charge in [0.1, 0.15) is 0 Å². The van der Waals surface area contributed by atoms with Crippen molar-refractivity contribution in [1.82, 2.24) is 0 Å². The molecule has 0 saturated heterocycles. The van der Waals surface area contributed by atoms with Gasteiger partial charge < -0.3 is 0 Å². The Kier molecular flexibility index (Phi) is 5.10. The summed E-state index contributed by atoms with van der Waals surface area (Å²) >= 11 is 0. The summed E-state index contributed by atoms with van der Waals surface area (Å²) in [6.45, 7) is 0. The summed E-state index contributed by atoms with van der Waals surface area (Å²) in [4.78, 5) is 0. The van der Waals surface area contributed by atoms with Gasteiger partial charge in [0, 0.05) is 0 Å². The lowest BCUT2D eigenvalue weighted by Gasteiger charge is -2.29. The third-order valence-electron chi connectivity index (χ3n) is 5.78. The van der Waals surface area contributed by atoms with Crippen molar-refractivity contribution in [3.8, 4) is 0 Å². The van der Waals surface area contributed by atoms with E-state index in [1.54, 1.807) is 0 Å². The van der Waals surface area contributed by atoms with Crippen LogP contribution in [0.5, 0.6) is 0 Å². The van der Waals surface area contributed by atoms with Crippen molar-refractivity contribution in [2.75, 3.05) is 0 Å². The molecule has 2 aliphatic rings. The lowest BCUT2D eigenvalue weighted by Crippen LogP contribution is -2.15. The Labute approximate surface area is 131 Å². The first-order valence-corrected chi connectivity index (χ1v) is 8.78. The molecule has 0 N–H and O–H groups in total. The second-order valence-corrected chi connectivity index (χ2v) is 7.24. The normalized spacial score (nSPS) is 26.5. The van der Waals surface area contributed by atoms with Crippen LogP contribution in [0.1, 0.15) is 75.7 Å². The first kappa shape index (κ1) is 15.9. The molecule has 0 aromatic heterocycles. The Morgan fingerprint density at radius 2 is 1.23 bits per heavy atom. The van der Waals surface area contributed by atoms with Crippen LogP contribution >= 0.6 is 0 Å². The second kappa shape index (κ2) is 7.06. The van der Waals surface area contributed by atoms with Gasteiger partial charge in [-0.05, 0) is 61.1 Å². The van der Waals surface area contributed by atoms with Crippen molar-refractivity contribution in [3.05, 3.63) is 35.1 Å². The standard InChI is InChI=1S/C19H25F3/c20-17-11-16(12-18(21)19(17)22)15-9-7-14(8-10-15)6-5-13-3-1-2-4-13/h11-15H,1-10H2/t14-,15-. The highest BCUT2D eigenvalue weighted by molar-refractivity contribution is 5.23. The average molecular weight is 310 g/mol. The molecule has 0 spiro atoms. The molecular weight excluding hydrogens is 285 g/mol. The van der Waals surface area contributed by atoms with Gasteiger partial charge >= 0.3 is 0 Å². The molecule has 3 rings (SSSR count). The fourth-order valence-electron chi connectivity index (χ4n) is 4.37. The van der Waals surface area contributed by atoms with Gasteiger partial charge in [-0.15, -0.1) is 0 Å². The maximum Gasteiger partial charge on any atom is 0.194 e. The third kappa shape index (κ3) is 3.67. The van der Waals surface area contributed by atoms with Crippen LogP contribution < -0.4 is 0 Å². The Balaban J connectivity index is 1.50. The number of hydrogen-bond acceptors (Lipinski definition) is 0. The highest BCUT2D eigenvalue weighted by Crippen LogP contribution is 2.39. The zero-order chi connectivity index (χ0) is 15.5. The van der Waals surface area contributed by atoms with Crippen LogP contribution in [0.4, 0.5) is 13.2 Å². The number of rotatable bonds is 4. The second-order valence-electron chi connectivity index (χ2n) is 7.24. The molecule has 0 heterocycles. The summed E-state index contributed by atoms with van der Waals surface area (Å²) in [5.74, 6) is -1.57. The van der Waals surface area contributed by atoms with Crippen LogP contribution in [0.15, 0.2) is 12.1 Å². The van der Waals surface area contributed by atoms with Crippen LogP contribution in [0.2, 0.25) is 0 Å². The topological polar surface area (TPSA) is 0 Å². The van der Waals surface area contributed by atoms with E-state index in [4.69, 9.17) is 0 Å². The molecule has 0 aliphatic heterocycles. The SMILES string of the molecule is Fc1cc([C@H]2CC[C@H](CCC3CCCC3)CC2)cc(F)c1F. The maximum absolute atomic E-state index is 13.4. The lowest BCUT2D eigenvalue weighted by atomic mass is 9.76. The van der Waals surface area contributed by atoms with Crippen LogP contribution in [0.25, 0.3) is 0 Å². The van der Waals surface area contributed by atoms with Gasteiger partial charge in [-0.3, -0.25) is 0 Å². The molecule has 0 radical (unpaired) electrons. The van der Waals surface area contributed by atoms with Crippen LogP contribution in [-0.4, -0.2) is 0 Å². The summed E-state index contributed by atoms with van der Waals surface area (Å²) in [6.07, 6.45) is 12.5. The first-order valence-electron chi connectivity index (χ1n) is 8.78. The van der Waals surface area contributed by atoms with Gasteiger partial charge in [-0.2, -0.15) is 0 Å². The fraction of sp³-hybridized carbons (Fsp3) is 0.684. The molecule has 1 aromatic rings. The van der Waals surface area contributed by atoms with Gasteiger partial charge in [-0.1, -0.05) is 38.5 Å². The molecular formula is C19H25F3. The van der Waals surface area contributed by atoms with Crippen LogP contribution in [0, 0.1) is 29.3 Å².